The topological polar surface area (TPSA) is 103 Å². The maximum absolute atomic E-state index is 13.5. The number of fused-ring (bicyclic) bond motifs is 4. The first kappa shape index (κ1) is 33.2. The van der Waals surface area contributed by atoms with Crippen molar-refractivity contribution in [2.24, 2.45) is 18.9 Å². The van der Waals surface area contributed by atoms with Crippen LogP contribution >= 0.6 is 11.6 Å². The van der Waals surface area contributed by atoms with Crippen molar-refractivity contribution < 1.29 is 22.7 Å². The molecule has 0 unspecified atom stereocenters. The van der Waals surface area contributed by atoms with E-state index in [2.05, 4.69) is 38.9 Å². The standard InChI is InChI=1S/C37H45ClN4O5S/c1-3-29-8-4-5-9-33(46-22-35-39-17-18-41(35)2)30-13-10-27(30)21-42-23-37(16-6-7-25-19-28(38)12-14-31(25)37)24-47-34-15-11-26(20-32(34)42)36(43)40-48(29,44)45/h5,9,11-12,14-15,17-20,27,29-30,33H,3-4,6-8,10,13,16,21-24H2,1-2H3,(H,40,43)/b9-5+/t27-,29+,30+,33-,37-/m0/s1. The fourth-order valence-electron chi connectivity index (χ4n) is 8.18. The molecule has 2 aliphatic carbocycles. The molecule has 0 radical (unpaired) electrons. The third kappa shape index (κ3) is 6.51. The summed E-state index contributed by atoms with van der Waals surface area (Å²) in [6.07, 6.45) is 14.2. The quantitative estimate of drug-likeness (QED) is 0.318. The third-order valence-corrected chi connectivity index (χ3v) is 13.2. The van der Waals surface area contributed by atoms with Gasteiger partial charge in [0.15, 0.2) is 0 Å². The minimum atomic E-state index is -3.90. The number of rotatable bonds is 4. The molecule has 48 heavy (non-hydrogen) atoms. The fourth-order valence-corrected chi connectivity index (χ4v) is 9.81. The first-order chi connectivity index (χ1) is 23.2. The number of imidazole rings is 1. The van der Waals surface area contributed by atoms with Crippen LogP contribution in [0.25, 0.3) is 0 Å². The van der Waals surface area contributed by atoms with E-state index in [1.807, 2.05) is 42.9 Å². The van der Waals surface area contributed by atoms with E-state index in [0.717, 1.165) is 55.2 Å². The Morgan fingerprint density at radius 1 is 1.17 bits per heavy atom. The summed E-state index contributed by atoms with van der Waals surface area (Å²) in [5.74, 6) is 1.60. The van der Waals surface area contributed by atoms with Gasteiger partial charge in [0, 0.05) is 48.5 Å². The normalized spacial score (nSPS) is 29.1. The van der Waals surface area contributed by atoms with Crippen molar-refractivity contribution in [3.8, 4) is 5.75 Å². The number of anilines is 1. The van der Waals surface area contributed by atoms with Gasteiger partial charge in [-0.1, -0.05) is 36.7 Å². The van der Waals surface area contributed by atoms with Crippen LogP contribution in [-0.4, -0.2) is 54.9 Å². The van der Waals surface area contributed by atoms with Crippen LogP contribution in [0.15, 0.2) is 60.9 Å². The van der Waals surface area contributed by atoms with Crippen LogP contribution in [0.2, 0.25) is 5.02 Å². The molecule has 3 aromatic rings. The van der Waals surface area contributed by atoms with E-state index in [-0.39, 0.29) is 17.4 Å². The zero-order valence-corrected chi connectivity index (χ0v) is 29.3. The molecule has 5 atom stereocenters. The molecular weight excluding hydrogens is 648 g/mol. The molecule has 256 valence electrons. The number of hydrogen-bond donors (Lipinski definition) is 1. The third-order valence-electron chi connectivity index (χ3n) is 11.1. The average molecular weight is 693 g/mol. The number of ether oxygens (including phenoxy) is 2. The van der Waals surface area contributed by atoms with Crippen LogP contribution in [0, 0.1) is 11.8 Å². The van der Waals surface area contributed by atoms with Crippen molar-refractivity contribution in [1.29, 1.82) is 0 Å². The van der Waals surface area contributed by atoms with Gasteiger partial charge < -0.3 is 18.9 Å². The molecule has 2 bridgehead atoms. The largest absolute Gasteiger partial charge is 0.490 e. The first-order valence-corrected chi connectivity index (χ1v) is 19.2. The predicted molar refractivity (Wildman–Crippen MR) is 187 cm³/mol. The summed E-state index contributed by atoms with van der Waals surface area (Å²) in [4.78, 5) is 20.4. The second-order valence-corrected chi connectivity index (χ2v) is 16.4. The van der Waals surface area contributed by atoms with Crippen molar-refractivity contribution in [2.75, 3.05) is 24.6 Å². The van der Waals surface area contributed by atoms with Crippen molar-refractivity contribution in [1.82, 2.24) is 14.3 Å². The Bertz CT molecular complexity index is 1810. The van der Waals surface area contributed by atoms with Crippen molar-refractivity contribution in [2.45, 2.75) is 81.7 Å². The maximum Gasteiger partial charge on any atom is 0.264 e. The van der Waals surface area contributed by atoms with E-state index in [1.165, 1.54) is 11.1 Å². The lowest BCUT2D eigenvalue weighted by molar-refractivity contribution is -0.0255. The summed E-state index contributed by atoms with van der Waals surface area (Å²) in [5.41, 5.74) is 3.41. The highest BCUT2D eigenvalue weighted by Crippen LogP contribution is 2.47. The lowest BCUT2D eigenvalue weighted by atomic mass is 9.68. The minimum Gasteiger partial charge on any atom is -0.490 e. The minimum absolute atomic E-state index is 0.134. The van der Waals surface area contributed by atoms with Gasteiger partial charge in [-0.25, -0.2) is 18.1 Å². The summed E-state index contributed by atoms with van der Waals surface area (Å²) >= 11 is 6.45. The summed E-state index contributed by atoms with van der Waals surface area (Å²) in [6.45, 7) is 4.23. The maximum atomic E-state index is 13.5. The summed E-state index contributed by atoms with van der Waals surface area (Å²) in [6, 6.07) is 11.6. The van der Waals surface area contributed by atoms with E-state index in [4.69, 9.17) is 21.1 Å². The van der Waals surface area contributed by atoms with E-state index in [0.29, 0.717) is 56.3 Å². The second kappa shape index (κ2) is 13.5. The van der Waals surface area contributed by atoms with Crippen molar-refractivity contribution in [3.63, 3.8) is 0 Å². The highest BCUT2D eigenvalue weighted by molar-refractivity contribution is 7.90. The number of hydrogen-bond acceptors (Lipinski definition) is 7. The molecule has 11 heteroatoms. The Kier molecular flexibility index (Phi) is 9.34. The van der Waals surface area contributed by atoms with Gasteiger partial charge in [-0.15, -0.1) is 0 Å². The van der Waals surface area contributed by atoms with Crippen molar-refractivity contribution in [3.05, 3.63) is 88.5 Å². The molecule has 1 N–H and O–H groups in total. The van der Waals surface area contributed by atoms with Crippen LogP contribution in [-0.2, 0) is 40.3 Å². The van der Waals surface area contributed by atoms with E-state index in [9.17, 15) is 13.2 Å². The molecule has 1 fully saturated rings. The Morgan fingerprint density at radius 2 is 2.04 bits per heavy atom. The molecule has 4 aliphatic rings. The van der Waals surface area contributed by atoms with Gasteiger partial charge in [0.25, 0.3) is 5.91 Å². The number of aryl methyl sites for hydroxylation is 2. The van der Waals surface area contributed by atoms with Crippen LogP contribution in [0.3, 0.4) is 0 Å². The molecule has 2 aliphatic heterocycles. The number of benzene rings is 2. The molecule has 9 nitrogen and oxygen atoms in total. The monoisotopic (exact) mass is 692 g/mol. The van der Waals surface area contributed by atoms with Crippen molar-refractivity contribution >= 4 is 33.2 Å². The molecule has 1 amide bonds. The van der Waals surface area contributed by atoms with Gasteiger partial charge in [0.1, 0.15) is 18.2 Å². The van der Waals surface area contributed by atoms with E-state index in [1.54, 1.807) is 12.3 Å². The van der Waals surface area contributed by atoms with Gasteiger partial charge in [-0.2, -0.15) is 0 Å². The van der Waals surface area contributed by atoms with Crippen LogP contribution in [0.4, 0.5) is 5.69 Å². The lowest BCUT2D eigenvalue weighted by Crippen LogP contribution is -2.49. The highest BCUT2D eigenvalue weighted by Gasteiger charge is 2.44. The second-order valence-electron chi connectivity index (χ2n) is 14.0. The number of nitrogens with one attached hydrogen (secondary N) is 1. The first-order valence-electron chi connectivity index (χ1n) is 17.3. The number of carbonyl (C=O) groups excluding carboxylic acids is 1. The van der Waals surface area contributed by atoms with Gasteiger partial charge >= 0.3 is 0 Å². The highest BCUT2D eigenvalue weighted by atomic mass is 35.5. The zero-order valence-electron chi connectivity index (χ0n) is 27.7. The number of allylic oxidation sites excluding steroid dienone is 1. The summed E-state index contributed by atoms with van der Waals surface area (Å²) in [5, 5.41) is 0.0503. The molecule has 0 saturated heterocycles. The van der Waals surface area contributed by atoms with E-state index >= 15 is 0 Å². The summed E-state index contributed by atoms with van der Waals surface area (Å²) in [7, 11) is -1.93. The Morgan fingerprint density at radius 3 is 2.81 bits per heavy atom. The van der Waals surface area contributed by atoms with E-state index < -0.39 is 21.2 Å². The smallest absolute Gasteiger partial charge is 0.264 e. The van der Waals surface area contributed by atoms with Crippen LogP contribution in [0.1, 0.15) is 79.2 Å². The number of sulfonamides is 1. The van der Waals surface area contributed by atoms with Crippen LogP contribution < -0.4 is 14.4 Å². The molecule has 1 aromatic heterocycles. The molecule has 1 spiro atoms. The number of carbonyl (C=O) groups is 1. The molecule has 1 saturated carbocycles. The molecular formula is C37H45ClN4O5S. The van der Waals surface area contributed by atoms with Crippen LogP contribution in [0.5, 0.6) is 5.75 Å². The Labute approximate surface area is 288 Å². The summed E-state index contributed by atoms with van der Waals surface area (Å²) < 4.78 is 44.4. The Hall–Kier alpha value is -3.34. The number of halogens is 1. The SMILES string of the molecule is CC[C@@H]1CC/C=C/[C@H](OCc2nccn2C)[C@@H]2CC[C@H]2CN2C[C@@]3(CCCc4cc(Cl)ccc43)COc3ccc(cc32)C(=O)NS1(=O)=O. The van der Waals surface area contributed by atoms with Gasteiger partial charge in [0.2, 0.25) is 10.0 Å². The number of aromatic nitrogens is 2. The fraction of sp³-hybridized carbons (Fsp3) is 0.514. The zero-order chi connectivity index (χ0) is 33.5. The van der Waals surface area contributed by atoms with Gasteiger partial charge in [0.05, 0.1) is 23.6 Å². The number of nitrogens with zero attached hydrogens (tertiary/aromatic N) is 3. The number of amides is 1. The molecule has 3 heterocycles. The molecule has 7 rings (SSSR count). The lowest BCUT2D eigenvalue weighted by Gasteiger charge is -2.46. The Balaban J connectivity index is 1.27. The average Bonchev–Trinajstić information content (AvgIpc) is 3.40. The molecule has 2 aromatic carbocycles. The van der Waals surface area contributed by atoms with Gasteiger partial charge in [-0.3, -0.25) is 4.79 Å². The predicted octanol–water partition coefficient (Wildman–Crippen LogP) is 6.35. The van der Waals surface area contributed by atoms with Gasteiger partial charge in [-0.05, 0) is 105 Å².